The zero-order chi connectivity index (χ0) is 14.7. The van der Waals surface area contributed by atoms with Crippen LogP contribution in [0.1, 0.15) is 23.0 Å². The van der Waals surface area contributed by atoms with Crippen LogP contribution < -0.4 is 0 Å². The van der Waals surface area contributed by atoms with Crippen LogP contribution in [0, 0.1) is 6.92 Å². The van der Waals surface area contributed by atoms with E-state index in [-0.39, 0.29) is 11.5 Å². The third kappa shape index (κ3) is 2.52. The molecule has 0 radical (unpaired) electrons. The van der Waals surface area contributed by atoms with Crippen LogP contribution in [0.25, 0.3) is 11.3 Å². The van der Waals surface area contributed by atoms with Gasteiger partial charge in [-0.2, -0.15) is 0 Å². The Balaban J connectivity index is 2.43. The fourth-order valence-electron chi connectivity index (χ4n) is 2.21. The van der Waals surface area contributed by atoms with Gasteiger partial charge in [0, 0.05) is 24.0 Å². The summed E-state index contributed by atoms with van der Waals surface area (Å²) in [6, 6.07) is 11.9. The predicted molar refractivity (Wildman–Crippen MR) is 80.7 cm³/mol. The Kier molecular flexibility index (Phi) is 4.08. The molecule has 1 heterocycles. The Morgan fingerprint density at radius 3 is 2.55 bits per heavy atom. The zero-order valence-corrected chi connectivity index (χ0v) is 12.1. The SMILES string of the molecule is C=C(OCC)C(=O)c1cc(-c2ccccc2)n(C)c1C. The number of carbonyl (C=O) groups excluding carboxylic acids is 1. The van der Waals surface area contributed by atoms with Crippen molar-refractivity contribution in [3.63, 3.8) is 0 Å². The van der Waals surface area contributed by atoms with Crippen molar-refractivity contribution in [2.75, 3.05) is 6.61 Å². The van der Waals surface area contributed by atoms with Crippen molar-refractivity contribution < 1.29 is 9.53 Å². The Hall–Kier alpha value is -2.29. The number of ketones is 1. The van der Waals surface area contributed by atoms with Gasteiger partial charge in [0.25, 0.3) is 0 Å². The molecule has 20 heavy (non-hydrogen) atoms. The van der Waals surface area contributed by atoms with Gasteiger partial charge >= 0.3 is 0 Å². The molecule has 0 unspecified atom stereocenters. The molecule has 2 aromatic rings. The van der Waals surface area contributed by atoms with Gasteiger partial charge in [0.2, 0.25) is 5.78 Å². The predicted octanol–water partition coefficient (Wildman–Crippen LogP) is 3.73. The number of rotatable bonds is 5. The van der Waals surface area contributed by atoms with E-state index in [1.165, 1.54) is 0 Å². The first-order valence-electron chi connectivity index (χ1n) is 6.64. The molecule has 1 aromatic carbocycles. The van der Waals surface area contributed by atoms with Gasteiger partial charge < -0.3 is 9.30 Å². The molecule has 0 aliphatic heterocycles. The minimum absolute atomic E-state index is 0.151. The van der Waals surface area contributed by atoms with Gasteiger partial charge in [-0.25, -0.2) is 0 Å². The van der Waals surface area contributed by atoms with Crippen LogP contribution in [0.3, 0.4) is 0 Å². The monoisotopic (exact) mass is 269 g/mol. The molecular weight excluding hydrogens is 250 g/mol. The molecule has 0 aliphatic rings. The van der Waals surface area contributed by atoms with E-state index in [0.717, 1.165) is 17.0 Å². The van der Waals surface area contributed by atoms with Crippen molar-refractivity contribution in [3.05, 3.63) is 60.0 Å². The van der Waals surface area contributed by atoms with Gasteiger partial charge in [-0.05, 0) is 25.5 Å². The average molecular weight is 269 g/mol. The Labute approximate surface area is 119 Å². The van der Waals surface area contributed by atoms with E-state index in [1.54, 1.807) is 0 Å². The van der Waals surface area contributed by atoms with E-state index < -0.39 is 0 Å². The number of benzene rings is 1. The van der Waals surface area contributed by atoms with Crippen molar-refractivity contribution in [2.24, 2.45) is 7.05 Å². The number of allylic oxidation sites excluding steroid dienone is 1. The Morgan fingerprint density at radius 2 is 1.95 bits per heavy atom. The number of ether oxygens (including phenoxy) is 1. The van der Waals surface area contributed by atoms with Crippen LogP contribution >= 0.6 is 0 Å². The quantitative estimate of drug-likeness (QED) is 0.470. The van der Waals surface area contributed by atoms with Crippen molar-refractivity contribution in [1.29, 1.82) is 0 Å². The molecule has 104 valence electrons. The molecule has 2 rings (SSSR count). The van der Waals surface area contributed by atoms with Crippen LogP contribution in [0.15, 0.2) is 48.7 Å². The maximum Gasteiger partial charge on any atom is 0.228 e. The highest BCUT2D eigenvalue weighted by Gasteiger charge is 2.19. The van der Waals surface area contributed by atoms with Crippen LogP contribution in [-0.2, 0) is 11.8 Å². The molecule has 0 spiro atoms. The molecule has 0 fully saturated rings. The van der Waals surface area contributed by atoms with Gasteiger partial charge in [0.1, 0.15) is 0 Å². The maximum atomic E-state index is 12.3. The molecule has 0 saturated carbocycles. The lowest BCUT2D eigenvalue weighted by atomic mass is 10.1. The Bertz CT molecular complexity index is 639. The minimum Gasteiger partial charge on any atom is -0.490 e. The molecule has 0 aliphatic carbocycles. The number of hydrogen-bond donors (Lipinski definition) is 0. The summed E-state index contributed by atoms with van der Waals surface area (Å²) in [6.45, 7) is 7.91. The topological polar surface area (TPSA) is 31.2 Å². The molecule has 0 saturated heterocycles. The van der Waals surface area contributed by atoms with Crippen LogP contribution in [0.2, 0.25) is 0 Å². The highest BCUT2D eigenvalue weighted by Crippen LogP contribution is 2.26. The molecule has 0 bridgehead atoms. The summed E-state index contributed by atoms with van der Waals surface area (Å²) < 4.78 is 7.23. The highest BCUT2D eigenvalue weighted by atomic mass is 16.5. The average Bonchev–Trinajstić information content (AvgIpc) is 2.76. The molecule has 0 amide bonds. The van der Waals surface area contributed by atoms with Gasteiger partial charge in [0.15, 0.2) is 5.76 Å². The van der Waals surface area contributed by atoms with Gasteiger partial charge in [0.05, 0.1) is 6.61 Å². The normalized spacial score (nSPS) is 10.3. The summed E-state index contributed by atoms with van der Waals surface area (Å²) in [6.07, 6.45) is 0. The first-order chi connectivity index (χ1) is 9.56. The van der Waals surface area contributed by atoms with Gasteiger partial charge in [-0.1, -0.05) is 36.9 Å². The molecule has 0 N–H and O–H groups in total. The van der Waals surface area contributed by atoms with Crippen LogP contribution in [-0.4, -0.2) is 17.0 Å². The first kappa shape index (κ1) is 14.1. The first-order valence-corrected chi connectivity index (χ1v) is 6.64. The van der Waals surface area contributed by atoms with Crippen molar-refractivity contribution in [2.45, 2.75) is 13.8 Å². The van der Waals surface area contributed by atoms with E-state index in [0.29, 0.717) is 12.2 Å². The van der Waals surface area contributed by atoms with E-state index in [9.17, 15) is 4.79 Å². The lowest BCUT2D eigenvalue weighted by molar-refractivity contribution is 0.0928. The number of hydrogen-bond acceptors (Lipinski definition) is 2. The van der Waals surface area contributed by atoms with Crippen LogP contribution in [0.4, 0.5) is 0 Å². The van der Waals surface area contributed by atoms with Crippen molar-refractivity contribution in [3.8, 4) is 11.3 Å². The van der Waals surface area contributed by atoms with Crippen molar-refractivity contribution in [1.82, 2.24) is 4.57 Å². The number of nitrogens with zero attached hydrogens (tertiary/aromatic N) is 1. The molecule has 3 heteroatoms. The molecule has 0 atom stereocenters. The fourth-order valence-corrected chi connectivity index (χ4v) is 2.21. The third-order valence-electron chi connectivity index (χ3n) is 3.42. The largest absolute Gasteiger partial charge is 0.490 e. The summed E-state index contributed by atoms with van der Waals surface area (Å²) in [5.74, 6) is 0.0444. The second-order valence-electron chi connectivity index (χ2n) is 4.64. The molecule has 3 nitrogen and oxygen atoms in total. The van der Waals surface area contributed by atoms with E-state index in [2.05, 4.69) is 6.58 Å². The second-order valence-corrected chi connectivity index (χ2v) is 4.64. The number of Topliss-reactive ketones (excluding diaryl/α,β-unsaturated/α-hetero) is 1. The summed E-state index contributed by atoms with van der Waals surface area (Å²) >= 11 is 0. The summed E-state index contributed by atoms with van der Waals surface area (Å²) in [5, 5.41) is 0. The Morgan fingerprint density at radius 1 is 1.30 bits per heavy atom. The van der Waals surface area contributed by atoms with E-state index >= 15 is 0 Å². The lowest BCUT2D eigenvalue weighted by Crippen LogP contribution is -2.07. The number of aromatic nitrogens is 1. The summed E-state index contributed by atoms with van der Waals surface area (Å²) in [7, 11) is 1.96. The van der Waals surface area contributed by atoms with Crippen molar-refractivity contribution >= 4 is 5.78 Å². The third-order valence-corrected chi connectivity index (χ3v) is 3.42. The minimum atomic E-state index is -0.151. The van der Waals surface area contributed by atoms with Gasteiger partial charge in [-0.3, -0.25) is 4.79 Å². The highest BCUT2D eigenvalue weighted by molar-refractivity contribution is 6.08. The summed E-state index contributed by atoms with van der Waals surface area (Å²) in [4.78, 5) is 12.3. The lowest BCUT2D eigenvalue weighted by Gasteiger charge is -2.06. The van der Waals surface area contributed by atoms with E-state index in [1.807, 2.05) is 61.9 Å². The maximum absolute atomic E-state index is 12.3. The zero-order valence-electron chi connectivity index (χ0n) is 12.1. The summed E-state index contributed by atoms with van der Waals surface area (Å²) in [5.41, 5.74) is 3.65. The van der Waals surface area contributed by atoms with E-state index in [4.69, 9.17) is 4.74 Å². The fraction of sp³-hybridized carbons (Fsp3) is 0.235. The smallest absolute Gasteiger partial charge is 0.228 e. The van der Waals surface area contributed by atoms with Gasteiger partial charge in [-0.15, -0.1) is 0 Å². The standard InChI is InChI=1S/C17H19NO2/c1-5-20-13(3)17(19)15-11-16(18(4)12(15)2)14-9-7-6-8-10-14/h6-11H,3,5H2,1-2,4H3. The number of carbonyl (C=O) groups is 1. The molecule has 1 aromatic heterocycles. The van der Waals surface area contributed by atoms with Crippen LogP contribution in [0.5, 0.6) is 0 Å². The molecular formula is C17H19NO2. The second kappa shape index (κ2) is 5.78.